The van der Waals surface area contributed by atoms with Crippen LogP contribution in [-0.2, 0) is 44.8 Å². The highest BCUT2D eigenvalue weighted by Gasteiger charge is 2.30. The Kier molecular flexibility index (Phi) is 10.5. The molecule has 1 aliphatic rings. The van der Waals surface area contributed by atoms with Crippen molar-refractivity contribution in [3.05, 3.63) is 166 Å². The van der Waals surface area contributed by atoms with Crippen LogP contribution in [0.1, 0.15) is 70.4 Å². The van der Waals surface area contributed by atoms with Crippen molar-refractivity contribution in [2.75, 3.05) is 6.35 Å². The molecule has 6 nitrogen and oxygen atoms in total. The van der Waals surface area contributed by atoms with Gasteiger partial charge in [-0.3, -0.25) is 4.57 Å². The number of benzene rings is 5. The van der Waals surface area contributed by atoms with Crippen LogP contribution in [-0.4, -0.2) is 6.35 Å². The lowest BCUT2D eigenvalue weighted by molar-refractivity contribution is 0.0935. The van der Waals surface area contributed by atoms with Gasteiger partial charge in [0.05, 0.1) is 19.8 Å². The van der Waals surface area contributed by atoms with Crippen LogP contribution in [0, 0.1) is 6.92 Å². The molecule has 0 spiro atoms. The Hall–Kier alpha value is -4.19. The maximum Gasteiger partial charge on any atom is 0.368 e. The van der Waals surface area contributed by atoms with Gasteiger partial charge in [0.2, 0.25) is 0 Å². The average Bonchev–Trinajstić information content (AvgIpc) is 3.54. The second-order valence-electron chi connectivity index (χ2n) is 12.1. The molecule has 1 unspecified atom stereocenters. The fourth-order valence-corrected chi connectivity index (χ4v) is 6.96. The van der Waals surface area contributed by atoms with Crippen molar-refractivity contribution in [3.63, 3.8) is 0 Å². The van der Waals surface area contributed by atoms with Gasteiger partial charge in [0, 0.05) is 0 Å². The molecule has 47 heavy (non-hydrogen) atoms. The van der Waals surface area contributed by atoms with Gasteiger partial charge in [0.15, 0.2) is 6.35 Å². The summed E-state index contributed by atoms with van der Waals surface area (Å²) in [6.45, 7) is 7.70. The molecule has 1 heterocycles. The third kappa shape index (κ3) is 8.40. The summed E-state index contributed by atoms with van der Waals surface area (Å²) in [5.74, 6) is 1.77. The zero-order chi connectivity index (χ0) is 32.6. The lowest BCUT2D eigenvalue weighted by Gasteiger charge is -2.21. The van der Waals surface area contributed by atoms with Crippen LogP contribution < -0.4 is 9.47 Å². The molecule has 0 aromatic heterocycles. The number of fused-ring (bicyclic) bond motifs is 1. The van der Waals surface area contributed by atoms with Gasteiger partial charge in [-0.15, -0.1) is 0 Å². The molecule has 1 atom stereocenters. The molecule has 5 aromatic carbocycles. The molecule has 0 radical (unpaired) electrons. The van der Waals surface area contributed by atoms with Crippen molar-refractivity contribution < 1.29 is 27.8 Å². The van der Waals surface area contributed by atoms with Gasteiger partial charge in [-0.05, 0) is 81.6 Å². The first kappa shape index (κ1) is 32.7. The average molecular weight is 649 g/mol. The Bertz CT molecular complexity index is 1760. The lowest BCUT2D eigenvalue weighted by Crippen LogP contribution is -2.07. The Balaban J connectivity index is 1.17. The van der Waals surface area contributed by atoms with E-state index in [0.717, 1.165) is 50.3 Å². The standard InChI is InChI=1S/C40H41O6P/c1-29(2)37-23-34(19-20-38(37)42-24-31-13-7-4-8-14-31)40-39-30(3)21-36(22-35(39)27-43-40)44-28-47(41,45-25-32-15-9-5-10-16-32)46-26-33-17-11-6-12-18-33/h4-23,29,40H,24-28H2,1-3H3. The van der Waals surface area contributed by atoms with Crippen molar-refractivity contribution in [3.8, 4) is 11.5 Å². The van der Waals surface area contributed by atoms with Crippen molar-refractivity contribution in [1.29, 1.82) is 0 Å². The van der Waals surface area contributed by atoms with E-state index in [1.807, 2.05) is 91.0 Å². The van der Waals surface area contributed by atoms with E-state index in [-0.39, 0.29) is 31.6 Å². The van der Waals surface area contributed by atoms with E-state index in [4.69, 9.17) is 23.3 Å². The maximum absolute atomic E-state index is 13.9. The molecule has 242 valence electrons. The third-order valence-electron chi connectivity index (χ3n) is 8.24. The van der Waals surface area contributed by atoms with E-state index in [0.29, 0.717) is 19.0 Å². The summed E-state index contributed by atoms with van der Waals surface area (Å²) in [7, 11) is -3.62. The zero-order valence-electron chi connectivity index (χ0n) is 27.1. The summed E-state index contributed by atoms with van der Waals surface area (Å²) >= 11 is 0. The molecule has 6 rings (SSSR count). The van der Waals surface area contributed by atoms with Crippen molar-refractivity contribution in [1.82, 2.24) is 0 Å². The van der Waals surface area contributed by atoms with E-state index < -0.39 is 7.60 Å². The Morgan fingerprint density at radius 1 is 0.723 bits per heavy atom. The zero-order valence-corrected chi connectivity index (χ0v) is 28.0. The highest BCUT2D eigenvalue weighted by Crippen LogP contribution is 2.50. The van der Waals surface area contributed by atoms with E-state index in [1.54, 1.807) is 0 Å². The van der Waals surface area contributed by atoms with Crippen LogP contribution >= 0.6 is 7.60 Å². The fraction of sp³-hybridized carbons (Fsp3) is 0.250. The smallest absolute Gasteiger partial charge is 0.368 e. The number of rotatable bonds is 14. The summed E-state index contributed by atoms with van der Waals surface area (Å²) in [5, 5.41) is 0. The van der Waals surface area contributed by atoms with Gasteiger partial charge in [0.1, 0.15) is 24.2 Å². The van der Waals surface area contributed by atoms with Crippen LogP contribution in [0.3, 0.4) is 0 Å². The molecular weight excluding hydrogens is 607 g/mol. The summed E-state index contributed by atoms with van der Waals surface area (Å²) in [6, 6.07) is 39.8. The van der Waals surface area contributed by atoms with E-state index in [9.17, 15) is 4.57 Å². The number of aryl methyl sites for hydroxylation is 1. The minimum atomic E-state index is -3.62. The van der Waals surface area contributed by atoms with Gasteiger partial charge in [-0.25, -0.2) is 0 Å². The lowest BCUT2D eigenvalue weighted by atomic mass is 9.92. The van der Waals surface area contributed by atoms with Crippen LogP contribution in [0.4, 0.5) is 0 Å². The van der Waals surface area contributed by atoms with Gasteiger partial charge >= 0.3 is 7.60 Å². The predicted molar refractivity (Wildman–Crippen MR) is 185 cm³/mol. The Labute approximate surface area is 277 Å². The first-order valence-electron chi connectivity index (χ1n) is 16.0. The Morgan fingerprint density at radius 2 is 1.30 bits per heavy atom. The molecule has 5 aromatic rings. The second-order valence-corrected chi connectivity index (χ2v) is 14.1. The monoisotopic (exact) mass is 648 g/mol. The van der Waals surface area contributed by atoms with E-state index in [2.05, 4.69) is 51.1 Å². The van der Waals surface area contributed by atoms with Crippen LogP contribution in [0.25, 0.3) is 0 Å². The molecule has 0 amide bonds. The van der Waals surface area contributed by atoms with E-state index in [1.165, 1.54) is 0 Å². The van der Waals surface area contributed by atoms with Crippen LogP contribution in [0.15, 0.2) is 121 Å². The molecular formula is C40H41O6P. The minimum Gasteiger partial charge on any atom is -0.489 e. The highest BCUT2D eigenvalue weighted by atomic mass is 31.2. The predicted octanol–water partition coefficient (Wildman–Crippen LogP) is 10.3. The summed E-state index contributed by atoms with van der Waals surface area (Å²) in [5.41, 5.74) is 8.41. The first-order chi connectivity index (χ1) is 22.9. The Morgan fingerprint density at radius 3 is 1.87 bits per heavy atom. The molecule has 0 fully saturated rings. The van der Waals surface area contributed by atoms with Crippen LogP contribution in [0.2, 0.25) is 0 Å². The maximum atomic E-state index is 13.9. The number of hydrogen-bond acceptors (Lipinski definition) is 6. The van der Waals surface area contributed by atoms with Crippen molar-refractivity contribution in [2.24, 2.45) is 0 Å². The van der Waals surface area contributed by atoms with Gasteiger partial charge in [-0.2, -0.15) is 0 Å². The summed E-state index contributed by atoms with van der Waals surface area (Å²) in [6.07, 6.45) is -0.411. The van der Waals surface area contributed by atoms with Crippen molar-refractivity contribution >= 4 is 7.60 Å². The van der Waals surface area contributed by atoms with Crippen LogP contribution in [0.5, 0.6) is 11.5 Å². The second kappa shape index (κ2) is 15.1. The molecule has 0 aliphatic carbocycles. The van der Waals surface area contributed by atoms with Crippen molar-refractivity contribution in [2.45, 2.75) is 59.2 Å². The number of hydrogen-bond donors (Lipinski definition) is 0. The first-order valence-corrected chi connectivity index (χ1v) is 17.7. The quantitative estimate of drug-likeness (QED) is 0.112. The van der Waals surface area contributed by atoms with Gasteiger partial charge in [0.25, 0.3) is 0 Å². The van der Waals surface area contributed by atoms with E-state index >= 15 is 0 Å². The molecule has 0 bridgehead atoms. The minimum absolute atomic E-state index is 0.156. The fourth-order valence-electron chi connectivity index (χ4n) is 5.74. The third-order valence-corrected chi connectivity index (χ3v) is 9.73. The molecule has 0 saturated heterocycles. The molecule has 7 heteroatoms. The summed E-state index contributed by atoms with van der Waals surface area (Å²) in [4.78, 5) is 0. The normalized spacial score (nSPS) is 14.3. The summed E-state index contributed by atoms with van der Waals surface area (Å²) < 4.78 is 44.5. The highest BCUT2D eigenvalue weighted by molar-refractivity contribution is 7.53. The topological polar surface area (TPSA) is 63.2 Å². The number of ether oxygens (including phenoxy) is 3. The van der Waals surface area contributed by atoms with Gasteiger partial charge in [-0.1, -0.05) is 111 Å². The largest absolute Gasteiger partial charge is 0.489 e. The molecule has 0 saturated carbocycles. The SMILES string of the molecule is Cc1cc(OCP(=O)(OCc2ccccc2)OCc2ccccc2)cc2c1C(c1ccc(OCc3ccccc3)c(C(C)C)c1)OC2. The van der Waals surface area contributed by atoms with Gasteiger partial charge < -0.3 is 23.3 Å². The molecule has 0 N–H and O–H groups in total. The molecule has 1 aliphatic heterocycles.